The van der Waals surface area contributed by atoms with Crippen LogP contribution < -0.4 is 9.47 Å². The lowest BCUT2D eigenvalue weighted by molar-refractivity contribution is -0.600. The predicted octanol–water partition coefficient (Wildman–Crippen LogP) is 1.70. The van der Waals surface area contributed by atoms with Gasteiger partial charge in [-0.05, 0) is 12.1 Å². The van der Waals surface area contributed by atoms with Crippen molar-refractivity contribution in [3.63, 3.8) is 0 Å². The van der Waals surface area contributed by atoms with Crippen molar-refractivity contribution in [1.29, 1.82) is 0 Å². The third kappa shape index (κ3) is 1.82. The number of hydrogen-bond acceptors (Lipinski definition) is 3. The van der Waals surface area contributed by atoms with Crippen LogP contribution in [0, 0.1) is 12.1 Å². The van der Waals surface area contributed by atoms with E-state index >= 15 is 0 Å². The van der Waals surface area contributed by atoms with Gasteiger partial charge in [0.1, 0.15) is 11.4 Å². The number of ether oxygens (including phenoxy) is 1. The van der Waals surface area contributed by atoms with Gasteiger partial charge in [0, 0.05) is 19.2 Å². The third-order valence-corrected chi connectivity index (χ3v) is 2.33. The molecule has 0 spiro atoms. The summed E-state index contributed by atoms with van der Waals surface area (Å²) < 4.78 is 5.98. The molecule has 0 aliphatic rings. The zero-order chi connectivity index (χ0) is 11.5. The van der Waals surface area contributed by atoms with Crippen LogP contribution in [0.25, 0.3) is 11.4 Å². The second-order valence-electron chi connectivity index (χ2n) is 3.43. The van der Waals surface area contributed by atoms with Gasteiger partial charge in [-0.25, -0.2) is 4.98 Å². The number of aromatic nitrogens is 2. The van der Waals surface area contributed by atoms with Gasteiger partial charge in [-0.1, -0.05) is 6.07 Å². The van der Waals surface area contributed by atoms with E-state index in [4.69, 9.17) is 4.74 Å². The van der Waals surface area contributed by atoms with E-state index in [1.54, 1.807) is 38.4 Å². The molecule has 16 heavy (non-hydrogen) atoms. The maximum atomic E-state index is 11.9. The summed E-state index contributed by atoms with van der Waals surface area (Å²) in [6.45, 7) is 1.74. The van der Waals surface area contributed by atoms with E-state index in [2.05, 4.69) is 4.98 Å². The van der Waals surface area contributed by atoms with Crippen molar-refractivity contribution in [3.8, 4) is 17.1 Å². The van der Waals surface area contributed by atoms with E-state index in [0.29, 0.717) is 22.8 Å². The normalized spacial score (nSPS) is 10.1. The average molecular weight is 216 g/mol. The van der Waals surface area contributed by atoms with E-state index in [1.165, 1.54) is 0 Å². The first-order valence-corrected chi connectivity index (χ1v) is 4.92. The fourth-order valence-electron chi connectivity index (χ4n) is 1.50. The Kier molecular flexibility index (Phi) is 2.72. The lowest BCUT2D eigenvalue weighted by Crippen LogP contribution is -2.33. The van der Waals surface area contributed by atoms with Crippen molar-refractivity contribution < 1.29 is 9.47 Å². The Hall–Kier alpha value is -2.10. The van der Waals surface area contributed by atoms with Crippen LogP contribution >= 0.6 is 0 Å². The molecule has 82 valence electrons. The highest BCUT2D eigenvalue weighted by molar-refractivity contribution is 5.52. The van der Waals surface area contributed by atoms with E-state index in [-0.39, 0.29) is 0 Å². The van der Waals surface area contributed by atoms with Gasteiger partial charge in [-0.2, -0.15) is 4.73 Å². The number of rotatable bonds is 2. The van der Waals surface area contributed by atoms with E-state index < -0.39 is 0 Å². The average Bonchev–Trinajstić information content (AvgIpc) is 2.33. The molecule has 4 nitrogen and oxygen atoms in total. The highest BCUT2D eigenvalue weighted by atomic mass is 16.5. The fourth-order valence-corrected chi connectivity index (χ4v) is 1.50. The Balaban J connectivity index is 2.60. The molecule has 0 unspecified atom stereocenters. The molecule has 4 heteroatoms. The van der Waals surface area contributed by atoms with Gasteiger partial charge in [-0.3, -0.25) is 0 Å². The first-order valence-electron chi connectivity index (χ1n) is 4.92. The molecular formula is C12H12N2O2. The standard InChI is InChI=1S/C12H12N2O2/c1-9-7-10(16-2)8-12(14(9)15)11-5-3-4-6-13-11/h3-8H,1-2H3. The van der Waals surface area contributed by atoms with Gasteiger partial charge >= 0.3 is 0 Å². The summed E-state index contributed by atoms with van der Waals surface area (Å²) in [6.07, 6.45) is 1.66. The van der Waals surface area contributed by atoms with Crippen LogP contribution in [0.3, 0.4) is 0 Å². The predicted molar refractivity (Wildman–Crippen MR) is 59.9 cm³/mol. The Morgan fingerprint density at radius 1 is 1.31 bits per heavy atom. The van der Waals surface area contributed by atoms with Gasteiger partial charge in [-0.15, -0.1) is 0 Å². The monoisotopic (exact) mass is 216 g/mol. The number of pyridine rings is 2. The largest absolute Gasteiger partial charge is 0.618 e. The molecule has 0 saturated carbocycles. The summed E-state index contributed by atoms with van der Waals surface area (Å²) in [6, 6.07) is 8.83. The SMILES string of the molecule is COc1cc(C)[n+]([O-])c(-c2ccccn2)c1. The molecule has 0 aliphatic carbocycles. The summed E-state index contributed by atoms with van der Waals surface area (Å²) in [5, 5.41) is 11.9. The number of hydrogen-bond donors (Lipinski definition) is 0. The second kappa shape index (κ2) is 4.18. The van der Waals surface area contributed by atoms with Crippen molar-refractivity contribution in [3.05, 3.63) is 47.4 Å². The maximum Gasteiger partial charge on any atom is 0.246 e. The summed E-state index contributed by atoms with van der Waals surface area (Å²) in [4.78, 5) is 4.15. The zero-order valence-electron chi connectivity index (χ0n) is 9.18. The molecule has 2 heterocycles. The smallest absolute Gasteiger partial charge is 0.246 e. The van der Waals surface area contributed by atoms with Gasteiger partial charge in [0.05, 0.1) is 13.2 Å². The molecule has 0 atom stereocenters. The van der Waals surface area contributed by atoms with Crippen LogP contribution in [-0.2, 0) is 0 Å². The Morgan fingerprint density at radius 3 is 2.75 bits per heavy atom. The molecule has 2 aromatic heterocycles. The first kappa shape index (κ1) is 10.4. The lowest BCUT2D eigenvalue weighted by atomic mass is 10.2. The fraction of sp³-hybridized carbons (Fsp3) is 0.167. The number of nitrogens with zero attached hydrogens (tertiary/aromatic N) is 2. The van der Waals surface area contributed by atoms with Crippen LogP contribution in [0.1, 0.15) is 5.69 Å². The van der Waals surface area contributed by atoms with Gasteiger partial charge in [0.25, 0.3) is 0 Å². The topological polar surface area (TPSA) is 49.1 Å². The summed E-state index contributed by atoms with van der Waals surface area (Å²) in [5.41, 5.74) is 1.72. The maximum absolute atomic E-state index is 11.9. The summed E-state index contributed by atoms with van der Waals surface area (Å²) >= 11 is 0. The summed E-state index contributed by atoms with van der Waals surface area (Å²) in [5.74, 6) is 0.658. The molecule has 0 bridgehead atoms. The van der Waals surface area contributed by atoms with Crippen molar-refractivity contribution in [2.75, 3.05) is 7.11 Å². The van der Waals surface area contributed by atoms with Crippen LogP contribution in [0.5, 0.6) is 5.75 Å². The highest BCUT2D eigenvalue weighted by Crippen LogP contribution is 2.19. The first-order chi connectivity index (χ1) is 7.72. The molecule has 0 aliphatic heterocycles. The van der Waals surface area contributed by atoms with Crippen molar-refractivity contribution in [2.45, 2.75) is 6.92 Å². The minimum Gasteiger partial charge on any atom is -0.618 e. The van der Waals surface area contributed by atoms with Gasteiger partial charge in [0.2, 0.25) is 5.69 Å². The van der Waals surface area contributed by atoms with E-state index in [0.717, 1.165) is 4.73 Å². The molecule has 0 fully saturated rings. The van der Waals surface area contributed by atoms with Gasteiger partial charge < -0.3 is 9.94 Å². The Bertz CT molecular complexity index is 498. The quantitative estimate of drug-likeness (QED) is 0.567. The molecule has 2 rings (SSSR count). The van der Waals surface area contributed by atoms with E-state index in [1.807, 2.05) is 12.1 Å². The molecule has 0 N–H and O–H groups in total. The minimum absolute atomic E-state index is 0.498. The number of aryl methyl sites for hydroxylation is 1. The highest BCUT2D eigenvalue weighted by Gasteiger charge is 2.14. The second-order valence-corrected chi connectivity index (χ2v) is 3.43. The molecule has 0 aromatic carbocycles. The summed E-state index contributed by atoms with van der Waals surface area (Å²) in [7, 11) is 1.58. The van der Waals surface area contributed by atoms with Crippen molar-refractivity contribution >= 4 is 0 Å². The van der Waals surface area contributed by atoms with Gasteiger partial charge in [0.15, 0.2) is 5.69 Å². The minimum atomic E-state index is 0.498. The molecule has 0 radical (unpaired) electrons. The van der Waals surface area contributed by atoms with Crippen LogP contribution in [0.15, 0.2) is 36.5 Å². The van der Waals surface area contributed by atoms with Crippen LogP contribution in [-0.4, -0.2) is 12.1 Å². The molecular weight excluding hydrogens is 204 g/mol. The van der Waals surface area contributed by atoms with E-state index in [9.17, 15) is 5.21 Å². The van der Waals surface area contributed by atoms with Crippen molar-refractivity contribution in [1.82, 2.24) is 4.98 Å². The third-order valence-electron chi connectivity index (χ3n) is 2.33. The number of methoxy groups -OCH3 is 1. The van der Waals surface area contributed by atoms with Crippen molar-refractivity contribution in [2.24, 2.45) is 0 Å². The molecule has 0 amide bonds. The Morgan fingerprint density at radius 2 is 2.12 bits per heavy atom. The van der Waals surface area contributed by atoms with Crippen LogP contribution in [0.4, 0.5) is 0 Å². The molecule has 2 aromatic rings. The lowest BCUT2D eigenvalue weighted by Gasteiger charge is -2.08. The zero-order valence-corrected chi connectivity index (χ0v) is 9.18. The molecule has 0 saturated heterocycles. The van der Waals surface area contributed by atoms with Crippen LogP contribution in [0.2, 0.25) is 0 Å². The Labute approximate surface area is 93.7 Å².